The lowest BCUT2D eigenvalue weighted by Crippen LogP contribution is -2.12. The lowest BCUT2D eigenvalue weighted by atomic mass is 10.2. The minimum atomic E-state index is -3.81. The largest absolute Gasteiger partial charge is 0.396 e. The molecule has 0 aromatic heterocycles. The highest BCUT2D eigenvalue weighted by Crippen LogP contribution is 2.48. The second-order valence-corrected chi connectivity index (χ2v) is 6.48. The van der Waals surface area contributed by atoms with E-state index in [1.165, 1.54) is 0 Å². The monoisotopic (exact) mass is 314 g/mol. The van der Waals surface area contributed by atoms with Crippen molar-refractivity contribution in [1.29, 1.82) is 0 Å². The molecule has 0 saturated heterocycles. The molecule has 0 bridgehead atoms. The van der Waals surface area contributed by atoms with E-state index in [4.69, 9.17) is 4.74 Å². The standard InChI is InChI=1S/C14H19O6P/c1-18-21(17,19-2)14(16)10-13(15)8-9-20-11-12-6-4-3-5-7-12/h3-7H,8-11H2,1-2H3. The van der Waals surface area contributed by atoms with Gasteiger partial charge in [-0.3, -0.25) is 14.2 Å². The molecule has 0 unspecified atom stereocenters. The molecule has 1 rings (SSSR count). The lowest BCUT2D eigenvalue weighted by molar-refractivity contribution is -0.125. The first-order chi connectivity index (χ1) is 10.0. The molecule has 0 heterocycles. The molecule has 116 valence electrons. The minimum absolute atomic E-state index is 0.0754. The Morgan fingerprint density at radius 1 is 1.10 bits per heavy atom. The Morgan fingerprint density at radius 3 is 2.29 bits per heavy atom. The summed E-state index contributed by atoms with van der Waals surface area (Å²) in [7, 11) is -1.60. The van der Waals surface area contributed by atoms with E-state index in [0.717, 1.165) is 19.8 Å². The summed E-state index contributed by atoms with van der Waals surface area (Å²) in [6.07, 6.45) is -0.403. The average molecular weight is 314 g/mol. The fourth-order valence-corrected chi connectivity index (χ4v) is 2.51. The van der Waals surface area contributed by atoms with Crippen molar-refractivity contribution in [3.63, 3.8) is 0 Å². The Morgan fingerprint density at radius 2 is 1.71 bits per heavy atom. The molecule has 0 N–H and O–H groups in total. The summed E-state index contributed by atoms with van der Waals surface area (Å²) >= 11 is 0. The van der Waals surface area contributed by atoms with Gasteiger partial charge in [0.25, 0.3) is 5.52 Å². The zero-order valence-electron chi connectivity index (χ0n) is 12.1. The maximum atomic E-state index is 11.7. The highest BCUT2D eigenvalue weighted by Gasteiger charge is 2.33. The fourth-order valence-electron chi connectivity index (χ4n) is 1.58. The first kappa shape index (κ1) is 17.7. The van der Waals surface area contributed by atoms with Gasteiger partial charge in [0.15, 0.2) is 0 Å². The average Bonchev–Trinajstić information content (AvgIpc) is 2.51. The van der Waals surface area contributed by atoms with Crippen LogP contribution in [0, 0.1) is 0 Å². The number of carbonyl (C=O) groups is 2. The number of benzene rings is 1. The van der Waals surface area contributed by atoms with Crippen LogP contribution in [0.15, 0.2) is 30.3 Å². The highest BCUT2D eigenvalue weighted by molar-refractivity contribution is 7.71. The Balaban J connectivity index is 2.28. The van der Waals surface area contributed by atoms with Crippen molar-refractivity contribution in [2.75, 3.05) is 20.8 Å². The summed E-state index contributed by atoms with van der Waals surface area (Å²) in [5.41, 5.74) is 0.171. The topological polar surface area (TPSA) is 78.9 Å². The van der Waals surface area contributed by atoms with Gasteiger partial charge in [0.05, 0.1) is 19.6 Å². The molecule has 6 nitrogen and oxygen atoms in total. The summed E-state index contributed by atoms with van der Waals surface area (Å²) in [5, 5.41) is 0. The smallest absolute Gasteiger partial charge is 0.376 e. The fraction of sp³-hybridized carbons (Fsp3) is 0.429. The molecular weight excluding hydrogens is 295 g/mol. The summed E-state index contributed by atoms with van der Waals surface area (Å²) in [6, 6.07) is 9.53. The first-order valence-corrected chi connectivity index (χ1v) is 7.94. The van der Waals surface area contributed by atoms with Crippen LogP contribution >= 0.6 is 7.60 Å². The molecule has 0 aliphatic rings. The van der Waals surface area contributed by atoms with Gasteiger partial charge in [0.2, 0.25) is 0 Å². The summed E-state index contributed by atoms with van der Waals surface area (Å²) < 4.78 is 26.1. The van der Waals surface area contributed by atoms with Crippen LogP contribution in [0.25, 0.3) is 0 Å². The van der Waals surface area contributed by atoms with E-state index in [0.29, 0.717) is 6.61 Å². The third kappa shape index (κ3) is 5.89. The van der Waals surface area contributed by atoms with Crippen LogP contribution in [0.2, 0.25) is 0 Å². The quantitative estimate of drug-likeness (QED) is 0.375. The van der Waals surface area contributed by atoms with Gasteiger partial charge in [0.1, 0.15) is 5.78 Å². The van der Waals surface area contributed by atoms with Crippen LogP contribution in [0.3, 0.4) is 0 Å². The predicted octanol–water partition coefficient (Wildman–Crippen LogP) is 2.57. The SMILES string of the molecule is COP(=O)(OC)C(=O)CC(=O)CCOCc1ccccc1. The van der Waals surface area contributed by atoms with Gasteiger partial charge in [-0.05, 0) is 5.56 Å². The molecule has 0 aliphatic heterocycles. The first-order valence-electron chi connectivity index (χ1n) is 6.40. The second-order valence-electron chi connectivity index (χ2n) is 4.26. The molecule has 0 aliphatic carbocycles. The molecule has 0 amide bonds. The van der Waals surface area contributed by atoms with Gasteiger partial charge in [0, 0.05) is 20.6 Å². The number of ether oxygens (including phenoxy) is 1. The van der Waals surface area contributed by atoms with Crippen molar-refractivity contribution in [3.8, 4) is 0 Å². The highest BCUT2D eigenvalue weighted by atomic mass is 31.2. The maximum Gasteiger partial charge on any atom is 0.396 e. The van der Waals surface area contributed by atoms with Crippen molar-refractivity contribution in [2.24, 2.45) is 0 Å². The van der Waals surface area contributed by atoms with Crippen LogP contribution in [0.5, 0.6) is 0 Å². The normalized spacial score (nSPS) is 11.3. The van der Waals surface area contributed by atoms with E-state index in [1.54, 1.807) is 0 Å². The molecule has 0 saturated carbocycles. The number of ketones is 1. The summed E-state index contributed by atoms with van der Waals surface area (Å²) in [6.45, 7) is 0.599. The van der Waals surface area contributed by atoms with Crippen LogP contribution in [-0.2, 0) is 34.5 Å². The maximum absolute atomic E-state index is 11.7. The molecule has 0 spiro atoms. The van der Waals surface area contributed by atoms with Crippen LogP contribution in [0.4, 0.5) is 0 Å². The van der Waals surface area contributed by atoms with Gasteiger partial charge < -0.3 is 13.8 Å². The van der Waals surface area contributed by atoms with Crippen LogP contribution in [0.1, 0.15) is 18.4 Å². The predicted molar refractivity (Wildman–Crippen MR) is 77.0 cm³/mol. The molecule has 1 aromatic carbocycles. The third-order valence-corrected chi connectivity index (χ3v) is 4.50. The number of hydrogen-bond acceptors (Lipinski definition) is 6. The Kier molecular flexibility index (Phi) is 7.47. The van der Waals surface area contributed by atoms with E-state index in [2.05, 4.69) is 9.05 Å². The molecule has 0 fully saturated rings. The van der Waals surface area contributed by atoms with Gasteiger partial charge in [-0.1, -0.05) is 30.3 Å². The second kappa shape index (κ2) is 8.85. The lowest BCUT2D eigenvalue weighted by Gasteiger charge is -2.11. The number of rotatable bonds is 10. The molecule has 7 heteroatoms. The van der Waals surface area contributed by atoms with Crippen molar-refractivity contribution in [1.82, 2.24) is 0 Å². The number of hydrogen-bond donors (Lipinski definition) is 0. The van der Waals surface area contributed by atoms with Gasteiger partial charge in [-0.25, -0.2) is 0 Å². The molecule has 21 heavy (non-hydrogen) atoms. The van der Waals surface area contributed by atoms with Gasteiger partial charge in [-0.15, -0.1) is 0 Å². The molecular formula is C14H19O6P. The van der Waals surface area contributed by atoms with Gasteiger partial charge >= 0.3 is 7.60 Å². The van der Waals surface area contributed by atoms with Crippen molar-refractivity contribution < 1.29 is 27.9 Å². The number of carbonyl (C=O) groups excluding carboxylic acids is 2. The van der Waals surface area contributed by atoms with E-state index in [-0.39, 0.29) is 18.8 Å². The number of Topliss-reactive ketones (excluding diaryl/α,β-unsaturated/α-hetero) is 1. The molecule has 0 radical (unpaired) electrons. The van der Waals surface area contributed by atoms with E-state index in [9.17, 15) is 14.2 Å². The van der Waals surface area contributed by atoms with E-state index in [1.807, 2.05) is 30.3 Å². The minimum Gasteiger partial charge on any atom is -0.376 e. The molecule has 1 aromatic rings. The molecule has 0 atom stereocenters. The summed E-state index contributed by atoms with van der Waals surface area (Å²) in [4.78, 5) is 23.2. The third-order valence-electron chi connectivity index (χ3n) is 2.77. The van der Waals surface area contributed by atoms with Crippen LogP contribution < -0.4 is 0 Å². The zero-order valence-corrected chi connectivity index (χ0v) is 13.0. The summed E-state index contributed by atoms with van der Waals surface area (Å²) in [5.74, 6) is -0.359. The van der Waals surface area contributed by atoms with E-state index < -0.39 is 19.5 Å². The van der Waals surface area contributed by atoms with Crippen LogP contribution in [-0.4, -0.2) is 32.1 Å². The Hall–Kier alpha value is -1.33. The van der Waals surface area contributed by atoms with Crippen molar-refractivity contribution in [2.45, 2.75) is 19.4 Å². The van der Waals surface area contributed by atoms with Crippen molar-refractivity contribution >= 4 is 18.9 Å². The van der Waals surface area contributed by atoms with E-state index >= 15 is 0 Å². The Labute approximate surface area is 123 Å². The van der Waals surface area contributed by atoms with Gasteiger partial charge in [-0.2, -0.15) is 0 Å². The van der Waals surface area contributed by atoms with Crippen molar-refractivity contribution in [3.05, 3.63) is 35.9 Å². The zero-order chi connectivity index (χ0) is 15.7. The Bertz CT molecular complexity index is 505.